The summed E-state index contributed by atoms with van der Waals surface area (Å²) in [6.45, 7) is 2.47. The van der Waals surface area contributed by atoms with Crippen molar-refractivity contribution in [1.82, 2.24) is 15.5 Å². The standard InChI is InChI=1S/C22H22N4O4/c1-13-3-4-16(20(27)30-22(9-10-22)21(23)28)11-17(13)14-5-7-15(8-6-14)19-26-25-18(29-19)12-24-2/h3-8,11,24H,9-10,12H2,1-2H3,(H2,23,28). The topological polar surface area (TPSA) is 120 Å². The molecular weight excluding hydrogens is 384 g/mol. The van der Waals surface area contributed by atoms with Crippen LogP contribution in [0.3, 0.4) is 0 Å². The lowest BCUT2D eigenvalue weighted by Crippen LogP contribution is -2.35. The largest absolute Gasteiger partial charge is 0.445 e. The summed E-state index contributed by atoms with van der Waals surface area (Å²) in [6.07, 6.45) is 0.944. The Labute approximate surface area is 173 Å². The van der Waals surface area contributed by atoms with E-state index in [9.17, 15) is 9.59 Å². The number of rotatable bonds is 7. The third-order valence-electron chi connectivity index (χ3n) is 5.15. The van der Waals surface area contributed by atoms with Gasteiger partial charge in [-0.25, -0.2) is 4.79 Å². The number of aryl methyl sites for hydroxylation is 1. The van der Waals surface area contributed by atoms with Crippen LogP contribution in [-0.4, -0.2) is 34.7 Å². The Bertz CT molecular complexity index is 1100. The van der Waals surface area contributed by atoms with Gasteiger partial charge in [-0.2, -0.15) is 0 Å². The molecule has 30 heavy (non-hydrogen) atoms. The van der Waals surface area contributed by atoms with Crippen LogP contribution in [0.1, 0.15) is 34.7 Å². The summed E-state index contributed by atoms with van der Waals surface area (Å²) < 4.78 is 11.0. The molecule has 3 aromatic rings. The number of aromatic nitrogens is 2. The van der Waals surface area contributed by atoms with Crippen LogP contribution in [0.25, 0.3) is 22.6 Å². The Hall–Kier alpha value is -3.52. The minimum Gasteiger partial charge on any atom is -0.445 e. The second-order valence-corrected chi connectivity index (χ2v) is 7.39. The maximum absolute atomic E-state index is 12.5. The lowest BCUT2D eigenvalue weighted by Gasteiger charge is -2.14. The summed E-state index contributed by atoms with van der Waals surface area (Å²) in [5.74, 6) is -0.185. The van der Waals surface area contributed by atoms with Crippen LogP contribution in [0.4, 0.5) is 0 Å². The van der Waals surface area contributed by atoms with Gasteiger partial charge in [0.05, 0.1) is 12.1 Å². The number of primary amides is 1. The van der Waals surface area contributed by atoms with Crippen molar-refractivity contribution in [2.45, 2.75) is 31.9 Å². The highest BCUT2D eigenvalue weighted by Crippen LogP contribution is 2.40. The highest BCUT2D eigenvalue weighted by molar-refractivity contribution is 5.96. The number of amides is 1. The minimum absolute atomic E-state index is 0.376. The molecule has 0 aliphatic heterocycles. The highest BCUT2D eigenvalue weighted by atomic mass is 16.6. The molecule has 1 saturated carbocycles. The van der Waals surface area contributed by atoms with Crippen molar-refractivity contribution in [1.29, 1.82) is 0 Å². The monoisotopic (exact) mass is 406 g/mol. The van der Waals surface area contributed by atoms with Crippen molar-refractivity contribution in [2.75, 3.05) is 7.05 Å². The SMILES string of the molecule is CNCc1nnc(-c2ccc(-c3cc(C(=O)OC4(C(N)=O)CC4)ccc3C)cc2)o1. The summed E-state index contributed by atoms with van der Waals surface area (Å²) in [4.78, 5) is 24.0. The molecule has 2 aromatic carbocycles. The number of carbonyl (C=O) groups excluding carboxylic acids is 2. The zero-order chi connectivity index (χ0) is 21.3. The van der Waals surface area contributed by atoms with Gasteiger partial charge in [-0.3, -0.25) is 4.79 Å². The van der Waals surface area contributed by atoms with Crippen LogP contribution < -0.4 is 11.1 Å². The van der Waals surface area contributed by atoms with Gasteiger partial charge in [0.2, 0.25) is 11.8 Å². The highest BCUT2D eigenvalue weighted by Gasteiger charge is 2.53. The summed E-state index contributed by atoms with van der Waals surface area (Å²) in [5.41, 5.74) is 8.21. The van der Waals surface area contributed by atoms with E-state index in [1.807, 2.05) is 44.3 Å². The van der Waals surface area contributed by atoms with Crippen molar-refractivity contribution in [3.63, 3.8) is 0 Å². The number of esters is 1. The molecule has 1 amide bonds. The molecule has 154 valence electrons. The van der Waals surface area contributed by atoms with Gasteiger partial charge in [-0.15, -0.1) is 10.2 Å². The van der Waals surface area contributed by atoms with Gasteiger partial charge >= 0.3 is 5.97 Å². The van der Waals surface area contributed by atoms with Gasteiger partial charge in [0.25, 0.3) is 5.91 Å². The zero-order valence-electron chi connectivity index (χ0n) is 16.8. The molecule has 1 aliphatic rings. The predicted molar refractivity (Wildman–Crippen MR) is 109 cm³/mol. The second-order valence-electron chi connectivity index (χ2n) is 7.39. The van der Waals surface area contributed by atoms with Crippen molar-refractivity contribution in [2.24, 2.45) is 5.73 Å². The molecule has 0 unspecified atom stereocenters. The van der Waals surface area contributed by atoms with Gasteiger partial charge in [0, 0.05) is 18.4 Å². The number of ether oxygens (including phenoxy) is 1. The van der Waals surface area contributed by atoms with Gasteiger partial charge in [0.1, 0.15) is 0 Å². The number of hydrogen-bond acceptors (Lipinski definition) is 7. The predicted octanol–water partition coefficient (Wildman–Crippen LogP) is 2.61. The smallest absolute Gasteiger partial charge is 0.339 e. The van der Waals surface area contributed by atoms with Gasteiger partial charge in [0.15, 0.2) is 5.60 Å². The molecule has 1 fully saturated rings. The average molecular weight is 406 g/mol. The first-order valence-corrected chi connectivity index (χ1v) is 9.63. The lowest BCUT2D eigenvalue weighted by atomic mass is 9.97. The van der Waals surface area contributed by atoms with Crippen LogP contribution in [0.2, 0.25) is 0 Å². The second kappa shape index (κ2) is 7.72. The van der Waals surface area contributed by atoms with E-state index in [2.05, 4.69) is 15.5 Å². The summed E-state index contributed by atoms with van der Waals surface area (Å²) in [6, 6.07) is 13.0. The van der Waals surface area contributed by atoms with Crippen molar-refractivity contribution >= 4 is 11.9 Å². The maximum Gasteiger partial charge on any atom is 0.339 e. The first kappa shape index (κ1) is 19.8. The molecule has 1 aromatic heterocycles. The van der Waals surface area contributed by atoms with E-state index in [0.29, 0.717) is 36.7 Å². The molecule has 8 nitrogen and oxygen atoms in total. The lowest BCUT2D eigenvalue weighted by molar-refractivity contribution is -0.128. The first-order valence-electron chi connectivity index (χ1n) is 9.63. The van der Waals surface area contributed by atoms with Crippen LogP contribution in [0.5, 0.6) is 0 Å². The number of nitrogens with two attached hydrogens (primary N) is 1. The molecule has 0 bridgehead atoms. The van der Waals surface area contributed by atoms with Gasteiger partial charge in [-0.1, -0.05) is 18.2 Å². The molecule has 3 N–H and O–H groups in total. The summed E-state index contributed by atoms with van der Waals surface area (Å²) >= 11 is 0. The van der Waals surface area contributed by atoms with Crippen molar-refractivity contribution in [3.8, 4) is 22.6 Å². The van der Waals surface area contributed by atoms with E-state index >= 15 is 0 Å². The minimum atomic E-state index is -1.14. The van der Waals surface area contributed by atoms with E-state index in [4.69, 9.17) is 14.9 Å². The number of benzene rings is 2. The molecule has 0 spiro atoms. The maximum atomic E-state index is 12.5. The molecule has 4 rings (SSSR count). The normalized spacial score (nSPS) is 14.3. The fourth-order valence-electron chi connectivity index (χ4n) is 3.19. The zero-order valence-corrected chi connectivity index (χ0v) is 16.8. The molecule has 1 aliphatic carbocycles. The summed E-state index contributed by atoms with van der Waals surface area (Å²) in [5, 5.41) is 11.0. The van der Waals surface area contributed by atoms with E-state index in [1.165, 1.54) is 0 Å². The van der Waals surface area contributed by atoms with E-state index in [1.54, 1.807) is 12.1 Å². The number of carbonyl (C=O) groups is 2. The van der Waals surface area contributed by atoms with Crippen LogP contribution in [0.15, 0.2) is 46.9 Å². The Morgan fingerprint density at radius 3 is 2.47 bits per heavy atom. The molecule has 8 heteroatoms. The fraction of sp³-hybridized carbons (Fsp3) is 0.273. The van der Waals surface area contributed by atoms with Crippen LogP contribution in [-0.2, 0) is 16.1 Å². The first-order chi connectivity index (χ1) is 14.4. The number of nitrogens with zero attached hydrogens (tertiary/aromatic N) is 2. The third kappa shape index (κ3) is 3.81. The van der Waals surface area contributed by atoms with Gasteiger partial charge in [-0.05, 0) is 54.9 Å². The van der Waals surface area contributed by atoms with Crippen molar-refractivity contribution < 1.29 is 18.7 Å². The molecule has 0 saturated heterocycles. The Balaban J connectivity index is 1.57. The van der Waals surface area contributed by atoms with E-state index in [-0.39, 0.29) is 0 Å². The van der Waals surface area contributed by atoms with Crippen molar-refractivity contribution in [3.05, 3.63) is 59.5 Å². The van der Waals surface area contributed by atoms with Crippen LogP contribution >= 0.6 is 0 Å². The van der Waals surface area contributed by atoms with Crippen LogP contribution in [0, 0.1) is 6.92 Å². The Morgan fingerprint density at radius 2 is 1.83 bits per heavy atom. The molecule has 0 atom stereocenters. The molecule has 1 heterocycles. The molecular formula is C22H22N4O4. The Morgan fingerprint density at radius 1 is 1.13 bits per heavy atom. The Kier molecular flexibility index (Phi) is 5.09. The van der Waals surface area contributed by atoms with Gasteiger partial charge < -0.3 is 20.2 Å². The number of hydrogen-bond donors (Lipinski definition) is 2. The third-order valence-corrected chi connectivity index (χ3v) is 5.15. The number of nitrogens with one attached hydrogen (secondary N) is 1. The average Bonchev–Trinajstić information content (AvgIpc) is 3.38. The van der Waals surface area contributed by atoms with E-state index < -0.39 is 17.5 Å². The van der Waals surface area contributed by atoms with E-state index in [0.717, 1.165) is 22.3 Å². The summed E-state index contributed by atoms with van der Waals surface area (Å²) in [7, 11) is 1.81. The fourth-order valence-corrected chi connectivity index (χ4v) is 3.19. The molecule has 0 radical (unpaired) electrons. The quantitative estimate of drug-likeness (QED) is 0.579.